The summed E-state index contributed by atoms with van der Waals surface area (Å²) in [6.45, 7) is 6.34. The lowest BCUT2D eigenvalue weighted by Crippen LogP contribution is -2.26. The van der Waals surface area contributed by atoms with Crippen molar-refractivity contribution < 1.29 is 9.47 Å². The molecule has 3 nitrogen and oxygen atoms in total. The first-order valence-corrected chi connectivity index (χ1v) is 5.37. The van der Waals surface area contributed by atoms with Crippen molar-refractivity contribution in [3.8, 4) is 11.5 Å². The van der Waals surface area contributed by atoms with Crippen LogP contribution in [0.2, 0.25) is 0 Å². The maximum atomic E-state index is 6.21. The summed E-state index contributed by atoms with van der Waals surface area (Å²) < 4.78 is 10.4. The molecule has 0 amide bonds. The van der Waals surface area contributed by atoms with Crippen molar-refractivity contribution in [2.24, 2.45) is 11.1 Å². The number of nitrogens with two attached hydrogens (primary N) is 1. The minimum absolute atomic E-state index is 0.0113. The molecule has 0 aromatic heterocycles. The molecular weight excluding hydrogens is 202 g/mol. The van der Waals surface area contributed by atoms with Crippen LogP contribution in [0.1, 0.15) is 32.4 Å². The second kappa shape index (κ2) is 4.74. The lowest BCUT2D eigenvalue weighted by atomic mass is 9.83. The zero-order valence-electron chi connectivity index (χ0n) is 10.7. The van der Waals surface area contributed by atoms with Gasteiger partial charge in [0.25, 0.3) is 0 Å². The maximum Gasteiger partial charge on any atom is 0.122 e. The van der Waals surface area contributed by atoms with Gasteiger partial charge in [-0.25, -0.2) is 0 Å². The van der Waals surface area contributed by atoms with E-state index < -0.39 is 0 Å². The van der Waals surface area contributed by atoms with Crippen molar-refractivity contribution in [2.75, 3.05) is 14.2 Å². The van der Waals surface area contributed by atoms with E-state index in [-0.39, 0.29) is 11.5 Å². The Kier molecular flexibility index (Phi) is 3.81. The molecule has 0 bridgehead atoms. The molecule has 3 heteroatoms. The topological polar surface area (TPSA) is 44.5 Å². The third-order valence-corrected chi connectivity index (χ3v) is 2.67. The Morgan fingerprint density at radius 2 is 1.44 bits per heavy atom. The molecule has 0 unspecified atom stereocenters. The average molecular weight is 223 g/mol. The largest absolute Gasteiger partial charge is 0.497 e. The number of methoxy groups -OCH3 is 2. The summed E-state index contributed by atoms with van der Waals surface area (Å²) in [5.74, 6) is 1.54. The van der Waals surface area contributed by atoms with E-state index in [9.17, 15) is 0 Å². The first-order valence-electron chi connectivity index (χ1n) is 5.37. The molecular formula is C13H21NO2. The fraction of sp³-hybridized carbons (Fsp3) is 0.538. The molecule has 0 radical (unpaired) electrons. The van der Waals surface area contributed by atoms with E-state index in [0.717, 1.165) is 17.1 Å². The highest BCUT2D eigenvalue weighted by molar-refractivity contribution is 5.40. The van der Waals surface area contributed by atoms with Gasteiger partial charge in [0.1, 0.15) is 11.5 Å². The van der Waals surface area contributed by atoms with Gasteiger partial charge in [0, 0.05) is 12.1 Å². The van der Waals surface area contributed by atoms with Crippen LogP contribution in [-0.2, 0) is 0 Å². The van der Waals surface area contributed by atoms with Crippen LogP contribution in [0.3, 0.4) is 0 Å². The molecule has 0 aliphatic carbocycles. The number of hydrogen-bond donors (Lipinski definition) is 1. The highest BCUT2D eigenvalue weighted by Crippen LogP contribution is 2.34. The summed E-state index contributed by atoms with van der Waals surface area (Å²) in [6, 6.07) is 5.71. The van der Waals surface area contributed by atoms with Gasteiger partial charge >= 0.3 is 0 Å². The summed E-state index contributed by atoms with van der Waals surface area (Å²) in [4.78, 5) is 0. The fourth-order valence-corrected chi connectivity index (χ4v) is 1.51. The zero-order chi connectivity index (χ0) is 12.3. The minimum atomic E-state index is -0.0449. The van der Waals surface area contributed by atoms with E-state index in [4.69, 9.17) is 15.2 Å². The zero-order valence-corrected chi connectivity index (χ0v) is 10.7. The van der Waals surface area contributed by atoms with Gasteiger partial charge in [0.15, 0.2) is 0 Å². The van der Waals surface area contributed by atoms with E-state index in [1.807, 2.05) is 18.2 Å². The van der Waals surface area contributed by atoms with E-state index in [2.05, 4.69) is 20.8 Å². The molecule has 16 heavy (non-hydrogen) atoms. The maximum absolute atomic E-state index is 6.21. The Labute approximate surface area is 97.6 Å². The molecule has 1 aromatic rings. The van der Waals surface area contributed by atoms with Gasteiger partial charge in [-0.05, 0) is 23.1 Å². The number of hydrogen-bond acceptors (Lipinski definition) is 3. The van der Waals surface area contributed by atoms with Crippen LogP contribution in [0, 0.1) is 5.41 Å². The van der Waals surface area contributed by atoms with E-state index in [1.54, 1.807) is 14.2 Å². The van der Waals surface area contributed by atoms with Crippen LogP contribution < -0.4 is 15.2 Å². The minimum Gasteiger partial charge on any atom is -0.497 e. The summed E-state index contributed by atoms with van der Waals surface area (Å²) in [7, 11) is 3.28. The van der Waals surface area contributed by atoms with Gasteiger partial charge in [-0.1, -0.05) is 20.8 Å². The molecule has 0 spiro atoms. The second-order valence-corrected chi connectivity index (χ2v) is 4.99. The lowest BCUT2D eigenvalue weighted by molar-refractivity contribution is 0.323. The normalized spacial score (nSPS) is 13.4. The average Bonchev–Trinajstić information content (AvgIpc) is 2.26. The first-order chi connectivity index (χ1) is 7.38. The first kappa shape index (κ1) is 12.8. The molecule has 0 aliphatic rings. The number of benzene rings is 1. The van der Waals surface area contributed by atoms with Crippen molar-refractivity contribution in [3.05, 3.63) is 23.8 Å². The fourth-order valence-electron chi connectivity index (χ4n) is 1.51. The molecule has 0 saturated heterocycles. The van der Waals surface area contributed by atoms with Gasteiger partial charge in [-0.15, -0.1) is 0 Å². The van der Waals surface area contributed by atoms with Crippen molar-refractivity contribution in [2.45, 2.75) is 26.8 Å². The van der Waals surface area contributed by atoms with Gasteiger partial charge in [-0.2, -0.15) is 0 Å². The second-order valence-electron chi connectivity index (χ2n) is 4.99. The lowest BCUT2D eigenvalue weighted by Gasteiger charge is -2.27. The Balaban J connectivity index is 3.13. The van der Waals surface area contributed by atoms with Crippen LogP contribution in [0.15, 0.2) is 18.2 Å². The van der Waals surface area contributed by atoms with Crippen molar-refractivity contribution in [1.29, 1.82) is 0 Å². The van der Waals surface area contributed by atoms with Crippen LogP contribution >= 0.6 is 0 Å². The van der Waals surface area contributed by atoms with Crippen molar-refractivity contribution in [1.82, 2.24) is 0 Å². The van der Waals surface area contributed by atoms with Gasteiger partial charge < -0.3 is 15.2 Å². The van der Waals surface area contributed by atoms with E-state index in [0.29, 0.717) is 0 Å². The molecule has 1 aromatic carbocycles. The SMILES string of the molecule is COc1cc(OC)cc([C@H](N)C(C)(C)C)c1. The highest BCUT2D eigenvalue weighted by atomic mass is 16.5. The highest BCUT2D eigenvalue weighted by Gasteiger charge is 2.23. The van der Waals surface area contributed by atoms with Gasteiger partial charge in [0.2, 0.25) is 0 Å². The smallest absolute Gasteiger partial charge is 0.122 e. The summed E-state index contributed by atoms with van der Waals surface area (Å²) in [5, 5.41) is 0. The van der Waals surface area contributed by atoms with Crippen molar-refractivity contribution >= 4 is 0 Å². The standard InChI is InChI=1S/C13H21NO2/c1-13(2,3)12(14)9-6-10(15-4)8-11(7-9)16-5/h6-8,12H,14H2,1-5H3/t12-/m0/s1. The molecule has 1 atom stereocenters. The predicted molar refractivity (Wildman–Crippen MR) is 65.9 cm³/mol. The molecule has 0 aliphatic heterocycles. The quantitative estimate of drug-likeness (QED) is 0.857. The monoisotopic (exact) mass is 223 g/mol. The van der Waals surface area contributed by atoms with E-state index in [1.165, 1.54) is 0 Å². The summed E-state index contributed by atoms with van der Waals surface area (Å²) in [6.07, 6.45) is 0. The molecule has 1 rings (SSSR count). The Morgan fingerprint density at radius 3 is 1.75 bits per heavy atom. The predicted octanol–water partition coefficient (Wildman–Crippen LogP) is 2.75. The summed E-state index contributed by atoms with van der Waals surface area (Å²) in [5.41, 5.74) is 7.25. The number of ether oxygens (including phenoxy) is 2. The molecule has 2 N–H and O–H groups in total. The molecule has 0 saturated carbocycles. The summed E-state index contributed by atoms with van der Waals surface area (Å²) >= 11 is 0. The Bertz CT molecular complexity index is 333. The van der Waals surface area contributed by atoms with Gasteiger partial charge in [-0.3, -0.25) is 0 Å². The molecule has 90 valence electrons. The molecule has 0 heterocycles. The van der Waals surface area contributed by atoms with Crippen LogP contribution in [-0.4, -0.2) is 14.2 Å². The molecule has 0 fully saturated rings. The third-order valence-electron chi connectivity index (χ3n) is 2.67. The Hall–Kier alpha value is -1.22. The van der Waals surface area contributed by atoms with Gasteiger partial charge in [0.05, 0.1) is 14.2 Å². The van der Waals surface area contributed by atoms with Crippen molar-refractivity contribution in [3.63, 3.8) is 0 Å². The van der Waals surface area contributed by atoms with E-state index >= 15 is 0 Å². The third kappa shape index (κ3) is 2.89. The Morgan fingerprint density at radius 1 is 1.00 bits per heavy atom. The van der Waals surface area contributed by atoms with Crippen LogP contribution in [0.25, 0.3) is 0 Å². The van der Waals surface area contributed by atoms with Crippen LogP contribution in [0.5, 0.6) is 11.5 Å². The van der Waals surface area contributed by atoms with Crippen LogP contribution in [0.4, 0.5) is 0 Å². The number of rotatable bonds is 3.